The number of thiophene rings is 1. The van der Waals surface area contributed by atoms with Gasteiger partial charge in [-0.25, -0.2) is 15.0 Å². The number of anilines is 1. The van der Waals surface area contributed by atoms with Gasteiger partial charge in [0.15, 0.2) is 11.0 Å². The fraction of sp³-hybridized carbons (Fsp3) is 0.591. The lowest BCUT2D eigenvalue weighted by atomic mass is 9.99. The minimum Gasteiger partial charge on any atom is -0.356 e. The van der Waals surface area contributed by atoms with Gasteiger partial charge in [0.2, 0.25) is 0 Å². The van der Waals surface area contributed by atoms with E-state index < -0.39 is 0 Å². The Morgan fingerprint density at radius 3 is 2.57 bits per heavy atom. The van der Waals surface area contributed by atoms with Crippen LogP contribution in [0.1, 0.15) is 69.7 Å². The topological polar surface area (TPSA) is 41.9 Å². The molecule has 0 spiro atoms. The van der Waals surface area contributed by atoms with Crippen LogP contribution in [0.15, 0.2) is 5.16 Å². The molecule has 0 aliphatic heterocycles. The fourth-order valence-electron chi connectivity index (χ4n) is 4.31. The van der Waals surface area contributed by atoms with Crippen molar-refractivity contribution in [1.82, 2.24) is 15.0 Å². The maximum Gasteiger partial charge on any atom is 0.189 e. The predicted octanol–water partition coefficient (Wildman–Crippen LogP) is 6.20. The Balaban J connectivity index is 2.02. The van der Waals surface area contributed by atoms with E-state index in [-0.39, 0.29) is 0 Å². The molecule has 4 rings (SSSR count). The summed E-state index contributed by atoms with van der Waals surface area (Å²) >= 11 is 3.43. The number of aromatic nitrogens is 3. The number of thioether (sulfide) groups is 1. The number of hydrogen-bond acceptors (Lipinski definition) is 6. The van der Waals surface area contributed by atoms with Crippen molar-refractivity contribution in [2.45, 2.75) is 70.9 Å². The van der Waals surface area contributed by atoms with Crippen LogP contribution in [0.5, 0.6) is 0 Å². The maximum atomic E-state index is 5.15. The van der Waals surface area contributed by atoms with Crippen LogP contribution in [-0.2, 0) is 12.8 Å². The molecule has 0 aromatic carbocycles. The van der Waals surface area contributed by atoms with Crippen molar-refractivity contribution in [3.8, 4) is 0 Å². The molecule has 3 aromatic heterocycles. The Bertz CT molecular complexity index is 1010. The molecule has 0 atom stereocenters. The summed E-state index contributed by atoms with van der Waals surface area (Å²) in [5.74, 6) is 1.57. The van der Waals surface area contributed by atoms with E-state index in [1.165, 1.54) is 46.2 Å². The minimum absolute atomic E-state index is 0.463. The summed E-state index contributed by atoms with van der Waals surface area (Å²) in [6.07, 6.45) is 8.00. The number of rotatable bonds is 7. The molecule has 0 saturated carbocycles. The van der Waals surface area contributed by atoms with Crippen molar-refractivity contribution in [3.63, 3.8) is 0 Å². The monoisotopic (exact) mass is 414 g/mol. The van der Waals surface area contributed by atoms with Crippen molar-refractivity contribution in [1.29, 1.82) is 0 Å². The summed E-state index contributed by atoms with van der Waals surface area (Å²) in [7, 11) is 0. The van der Waals surface area contributed by atoms with E-state index in [4.69, 9.17) is 15.0 Å². The lowest BCUT2D eigenvalue weighted by Gasteiger charge is -2.22. The highest BCUT2D eigenvalue weighted by Gasteiger charge is 2.26. The molecule has 0 fully saturated rings. The average Bonchev–Trinajstić information content (AvgIpc) is 3.31. The Labute approximate surface area is 176 Å². The molecule has 3 aromatic rings. The Morgan fingerprint density at radius 2 is 1.89 bits per heavy atom. The molecule has 0 unspecified atom stereocenters. The summed E-state index contributed by atoms with van der Waals surface area (Å²) in [5, 5.41) is 2.18. The SMILES string of the molecule is CCCCN(CC)c1nc(SC)nc2c1sc1nc(C(C)C)c3c(c12)CCC3. The zero-order valence-electron chi connectivity index (χ0n) is 17.6. The van der Waals surface area contributed by atoms with E-state index >= 15 is 0 Å². The summed E-state index contributed by atoms with van der Waals surface area (Å²) in [4.78, 5) is 18.7. The molecule has 150 valence electrons. The zero-order valence-corrected chi connectivity index (χ0v) is 19.3. The molecule has 1 aliphatic carbocycles. The van der Waals surface area contributed by atoms with E-state index in [9.17, 15) is 0 Å². The Morgan fingerprint density at radius 1 is 1.11 bits per heavy atom. The third-order valence-electron chi connectivity index (χ3n) is 5.72. The zero-order chi connectivity index (χ0) is 19.8. The second kappa shape index (κ2) is 8.15. The van der Waals surface area contributed by atoms with Crippen LogP contribution in [-0.4, -0.2) is 34.3 Å². The average molecular weight is 415 g/mol. The van der Waals surface area contributed by atoms with Gasteiger partial charge >= 0.3 is 0 Å². The smallest absolute Gasteiger partial charge is 0.189 e. The van der Waals surface area contributed by atoms with Crippen molar-refractivity contribution >= 4 is 49.3 Å². The Kier molecular flexibility index (Phi) is 5.79. The molecular formula is C22H30N4S2. The fourth-order valence-corrected chi connectivity index (χ4v) is 5.84. The van der Waals surface area contributed by atoms with Crippen LogP contribution < -0.4 is 4.90 Å². The lowest BCUT2D eigenvalue weighted by Crippen LogP contribution is -2.25. The molecule has 6 heteroatoms. The number of hydrogen-bond donors (Lipinski definition) is 0. The van der Waals surface area contributed by atoms with Crippen LogP contribution in [0.3, 0.4) is 0 Å². The molecule has 1 aliphatic rings. The molecular weight excluding hydrogens is 384 g/mol. The molecule has 0 saturated heterocycles. The molecule has 0 radical (unpaired) electrons. The number of aryl methyl sites for hydroxylation is 1. The Hall–Kier alpha value is -1.40. The lowest BCUT2D eigenvalue weighted by molar-refractivity contribution is 0.721. The van der Waals surface area contributed by atoms with Crippen molar-refractivity contribution in [2.75, 3.05) is 24.2 Å². The quantitative estimate of drug-likeness (QED) is 0.340. The summed E-state index contributed by atoms with van der Waals surface area (Å²) in [6.45, 7) is 11.0. The first-order valence-electron chi connectivity index (χ1n) is 10.5. The van der Waals surface area contributed by atoms with Gasteiger partial charge in [-0.1, -0.05) is 39.0 Å². The normalized spacial score (nSPS) is 13.8. The van der Waals surface area contributed by atoms with E-state index in [1.54, 1.807) is 23.1 Å². The van der Waals surface area contributed by atoms with Gasteiger partial charge in [-0.05, 0) is 55.9 Å². The van der Waals surface area contributed by atoms with Crippen LogP contribution in [0.25, 0.3) is 20.4 Å². The van der Waals surface area contributed by atoms with E-state index in [1.807, 2.05) is 0 Å². The molecule has 28 heavy (non-hydrogen) atoms. The molecule has 3 heterocycles. The maximum absolute atomic E-state index is 5.15. The van der Waals surface area contributed by atoms with Gasteiger partial charge in [0, 0.05) is 24.2 Å². The third-order valence-corrected chi connectivity index (χ3v) is 7.34. The third kappa shape index (κ3) is 3.28. The minimum atomic E-state index is 0.463. The van der Waals surface area contributed by atoms with E-state index in [2.05, 4.69) is 38.9 Å². The first-order chi connectivity index (χ1) is 13.6. The van der Waals surface area contributed by atoms with Crippen molar-refractivity contribution in [2.24, 2.45) is 0 Å². The van der Waals surface area contributed by atoms with Gasteiger partial charge in [-0.2, -0.15) is 0 Å². The van der Waals surface area contributed by atoms with E-state index in [0.29, 0.717) is 5.92 Å². The number of pyridine rings is 1. The standard InChI is InChI=1S/C22H30N4S2/c1-6-8-12-26(7-2)20-19-18(24-22(25-20)27-5)16-14-10-9-11-15(14)17(13(3)4)23-21(16)28-19/h13H,6-12H2,1-5H3. The summed E-state index contributed by atoms with van der Waals surface area (Å²) in [5.41, 5.74) is 5.43. The van der Waals surface area contributed by atoms with Gasteiger partial charge in [-0.3, -0.25) is 0 Å². The summed E-state index contributed by atoms with van der Waals surface area (Å²) in [6, 6.07) is 0. The van der Waals surface area contributed by atoms with Gasteiger partial charge in [0.05, 0.1) is 10.2 Å². The number of unbranched alkanes of at least 4 members (excludes halogenated alkanes) is 1. The van der Waals surface area contributed by atoms with Crippen LogP contribution >= 0.6 is 23.1 Å². The molecule has 0 N–H and O–H groups in total. The second-order valence-electron chi connectivity index (χ2n) is 7.89. The van der Waals surface area contributed by atoms with Crippen LogP contribution in [0.2, 0.25) is 0 Å². The van der Waals surface area contributed by atoms with Gasteiger partial charge < -0.3 is 4.90 Å². The van der Waals surface area contributed by atoms with Gasteiger partial charge in [0.25, 0.3) is 0 Å². The first-order valence-corrected chi connectivity index (χ1v) is 12.6. The highest BCUT2D eigenvalue weighted by molar-refractivity contribution is 7.98. The van der Waals surface area contributed by atoms with Crippen molar-refractivity contribution < 1.29 is 0 Å². The second-order valence-corrected chi connectivity index (χ2v) is 9.66. The van der Waals surface area contributed by atoms with Gasteiger partial charge in [-0.15, -0.1) is 11.3 Å². The molecule has 0 bridgehead atoms. The van der Waals surface area contributed by atoms with Crippen molar-refractivity contribution in [3.05, 3.63) is 16.8 Å². The van der Waals surface area contributed by atoms with Crippen LogP contribution in [0.4, 0.5) is 5.82 Å². The largest absolute Gasteiger partial charge is 0.356 e. The highest BCUT2D eigenvalue weighted by Crippen LogP contribution is 2.43. The predicted molar refractivity (Wildman–Crippen MR) is 123 cm³/mol. The molecule has 4 nitrogen and oxygen atoms in total. The summed E-state index contributed by atoms with van der Waals surface area (Å²) < 4.78 is 1.22. The number of fused-ring (bicyclic) bond motifs is 5. The highest BCUT2D eigenvalue weighted by atomic mass is 32.2. The van der Waals surface area contributed by atoms with Crippen LogP contribution in [0, 0.1) is 0 Å². The molecule has 0 amide bonds. The first kappa shape index (κ1) is 19.9. The van der Waals surface area contributed by atoms with Gasteiger partial charge in [0.1, 0.15) is 4.83 Å². The van der Waals surface area contributed by atoms with E-state index in [0.717, 1.165) is 47.3 Å². The number of nitrogens with zero attached hydrogens (tertiary/aromatic N) is 4.